The van der Waals surface area contributed by atoms with E-state index in [1.165, 1.54) is 103 Å². The van der Waals surface area contributed by atoms with Crippen LogP contribution in [-0.2, 0) is 18.9 Å². The minimum Gasteiger partial charge on any atom is -0.491 e. The van der Waals surface area contributed by atoms with Gasteiger partial charge in [0.25, 0.3) is 0 Å². The zero-order valence-electron chi connectivity index (χ0n) is 25.0. The largest absolute Gasteiger partial charge is 0.491 e. The van der Waals surface area contributed by atoms with Crippen LogP contribution in [0.5, 0.6) is 0 Å². The van der Waals surface area contributed by atoms with Gasteiger partial charge in [-0.1, -0.05) is 137 Å². The number of allylic oxidation sites excluding steroid dienone is 1. The highest BCUT2D eigenvalue weighted by Crippen LogP contribution is 2.20. The van der Waals surface area contributed by atoms with Gasteiger partial charge in [0.05, 0.1) is 19.8 Å². The van der Waals surface area contributed by atoms with Gasteiger partial charge in [-0.05, 0) is 25.7 Å². The van der Waals surface area contributed by atoms with E-state index in [9.17, 15) is 0 Å². The van der Waals surface area contributed by atoms with Gasteiger partial charge in [-0.3, -0.25) is 0 Å². The molecule has 0 rings (SSSR count). The predicted molar refractivity (Wildman–Crippen MR) is 155 cm³/mol. The molecule has 4 nitrogen and oxygen atoms in total. The van der Waals surface area contributed by atoms with Crippen LogP contribution in [0, 0.1) is 0 Å². The van der Waals surface area contributed by atoms with E-state index >= 15 is 0 Å². The first-order valence-electron chi connectivity index (χ1n) is 16.0. The Labute approximate surface area is 226 Å². The minimum atomic E-state index is 0.241. The fourth-order valence-corrected chi connectivity index (χ4v) is 4.20. The monoisotopic (exact) mass is 512 g/mol. The summed E-state index contributed by atoms with van der Waals surface area (Å²) in [4.78, 5) is 0. The molecule has 0 aliphatic heterocycles. The summed E-state index contributed by atoms with van der Waals surface area (Å²) in [6.45, 7) is 11.4. The molecule has 0 aliphatic carbocycles. The Morgan fingerprint density at radius 2 is 0.833 bits per heavy atom. The maximum atomic E-state index is 6.28. The van der Waals surface area contributed by atoms with Crippen LogP contribution in [0.15, 0.2) is 11.7 Å². The van der Waals surface area contributed by atoms with Gasteiger partial charge in [0.1, 0.15) is 0 Å². The summed E-state index contributed by atoms with van der Waals surface area (Å²) in [5.74, 6) is 1.47. The third kappa shape index (κ3) is 24.8. The van der Waals surface area contributed by atoms with E-state index in [0.29, 0.717) is 12.6 Å². The predicted octanol–water partition coefficient (Wildman–Crippen LogP) is 10.8. The highest BCUT2D eigenvalue weighted by atomic mass is 16.7. The van der Waals surface area contributed by atoms with Crippen molar-refractivity contribution < 1.29 is 18.9 Å². The summed E-state index contributed by atoms with van der Waals surface area (Å²) in [5.41, 5.74) is 0. The first-order valence-corrected chi connectivity index (χ1v) is 16.0. The van der Waals surface area contributed by atoms with E-state index in [2.05, 4.69) is 27.7 Å². The molecular formula is C32H64O4. The topological polar surface area (TPSA) is 36.9 Å². The quantitative estimate of drug-likeness (QED) is 0.0544. The first kappa shape index (κ1) is 35.1. The molecule has 0 bridgehead atoms. The van der Waals surface area contributed by atoms with E-state index in [4.69, 9.17) is 18.9 Å². The SMILES string of the molecule is CCCCCCCCCCOC(CCCCC)=C(OCCCCCCCCCC)OCOCCCC. The summed E-state index contributed by atoms with van der Waals surface area (Å²) in [7, 11) is 0. The molecule has 0 aromatic carbocycles. The lowest BCUT2D eigenvalue weighted by Crippen LogP contribution is -2.10. The average Bonchev–Trinajstić information content (AvgIpc) is 2.89. The normalized spacial score (nSPS) is 12.0. The van der Waals surface area contributed by atoms with Gasteiger partial charge in [-0.25, -0.2) is 0 Å². The molecule has 0 amide bonds. The van der Waals surface area contributed by atoms with Crippen LogP contribution in [0.25, 0.3) is 0 Å². The molecule has 0 radical (unpaired) electrons. The van der Waals surface area contributed by atoms with Gasteiger partial charge in [-0.15, -0.1) is 0 Å². The van der Waals surface area contributed by atoms with Crippen LogP contribution in [0.2, 0.25) is 0 Å². The van der Waals surface area contributed by atoms with Crippen molar-refractivity contribution in [3.05, 3.63) is 11.7 Å². The van der Waals surface area contributed by atoms with Crippen LogP contribution >= 0.6 is 0 Å². The maximum Gasteiger partial charge on any atom is 0.321 e. The molecule has 36 heavy (non-hydrogen) atoms. The summed E-state index contributed by atoms with van der Waals surface area (Å²) >= 11 is 0. The molecule has 0 aromatic rings. The third-order valence-electron chi connectivity index (χ3n) is 6.66. The first-order chi connectivity index (χ1) is 17.8. The fourth-order valence-electron chi connectivity index (χ4n) is 4.20. The molecule has 0 heterocycles. The highest BCUT2D eigenvalue weighted by molar-refractivity contribution is 4.95. The van der Waals surface area contributed by atoms with Crippen LogP contribution in [0.1, 0.15) is 169 Å². The van der Waals surface area contributed by atoms with Crippen molar-refractivity contribution in [1.29, 1.82) is 0 Å². The Hall–Kier alpha value is -0.900. The Morgan fingerprint density at radius 1 is 0.389 bits per heavy atom. The summed E-state index contributed by atoms with van der Waals surface area (Å²) < 4.78 is 24.1. The number of rotatable bonds is 30. The average molecular weight is 513 g/mol. The van der Waals surface area contributed by atoms with Crippen LogP contribution in [-0.4, -0.2) is 26.6 Å². The highest BCUT2D eigenvalue weighted by Gasteiger charge is 2.13. The van der Waals surface area contributed by atoms with Gasteiger partial charge >= 0.3 is 5.95 Å². The van der Waals surface area contributed by atoms with Gasteiger partial charge < -0.3 is 18.9 Å². The van der Waals surface area contributed by atoms with Crippen molar-refractivity contribution in [2.45, 2.75) is 169 Å². The second-order valence-electron chi connectivity index (χ2n) is 10.3. The lowest BCUT2D eigenvalue weighted by atomic mass is 10.1. The molecule has 0 aliphatic rings. The second kappa shape index (κ2) is 30.3. The molecule has 0 fully saturated rings. The molecule has 0 unspecified atom stereocenters. The number of hydrogen-bond acceptors (Lipinski definition) is 4. The molecule has 0 atom stereocenters. The fraction of sp³-hybridized carbons (Fsp3) is 0.938. The van der Waals surface area contributed by atoms with E-state index in [0.717, 1.165) is 57.5 Å². The number of unbranched alkanes of at least 4 members (excludes halogenated alkanes) is 17. The van der Waals surface area contributed by atoms with E-state index in [1.54, 1.807) is 0 Å². The minimum absolute atomic E-state index is 0.241. The summed E-state index contributed by atoms with van der Waals surface area (Å²) in [6, 6.07) is 0. The van der Waals surface area contributed by atoms with E-state index in [-0.39, 0.29) is 6.79 Å². The van der Waals surface area contributed by atoms with Crippen LogP contribution < -0.4 is 0 Å². The second-order valence-corrected chi connectivity index (χ2v) is 10.3. The molecule has 216 valence electrons. The smallest absolute Gasteiger partial charge is 0.321 e. The number of hydrogen-bond donors (Lipinski definition) is 0. The zero-order valence-corrected chi connectivity index (χ0v) is 25.0. The lowest BCUT2D eigenvalue weighted by molar-refractivity contribution is -0.0844. The molecule has 0 saturated heterocycles. The molecule has 0 saturated carbocycles. The van der Waals surface area contributed by atoms with Crippen molar-refractivity contribution in [3.63, 3.8) is 0 Å². The lowest BCUT2D eigenvalue weighted by Gasteiger charge is -2.18. The summed E-state index contributed by atoms with van der Waals surface area (Å²) in [6.07, 6.45) is 27.4. The Morgan fingerprint density at radius 3 is 1.36 bits per heavy atom. The third-order valence-corrected chi connectivity index (χ3v) is 6.66. The van der Waals surface area contributed by atoms with Crippen LogP contribution in [0.4, 0.5) is 0 Å². The van der Waals surface area contributed by atoms with Gasteiger partial charge in [0.2, 0.25) is 0 Å². The molecule has 0 N–H and O–H groups in total. The van der Waals surface area contributed by atoms with Gasteiger partial charge in [0.15, 0.2) is 12.6 Å². The van der Waals surface area contributed by atoms with Crippen molar-refractivity contribution >= 4 is 0 Å². The van der Waals surface area contributed by atoms with Crippen molar-refractivity contribution in [3.8, 4) is 0 Å². The van der Waals surface area contributed by atoms with Crippen molar-refractivity contribution in [1.82, 2.24) is 0 Å². The van der Waals surface area contributed by atoms with Gasteiger partial charge in [-0.2, -0.15) is 0 Å². The van der Waals surface area contributed by atoms with E-state index in [1.807, 2.05) is 0 Å². The Kier molecular flexibility index (Phi) is 29.6. The van der Waals surface area contributed by atoms with Crippen molar-refractivity contribution in [2.75, 3.05) is 26.6 Å². The van der Waals surface area contributed by atoms with Gasteiger partial charge in [0, 0.05) is 6.42 Å². The molecule has 4 heteroatoms. The maximum absolute atomic E-state index is 6.28. The molecule has 0 aromatic heterocycles. The zero-order chi connectivity index (χ0) is 26.4. The number of ether oxygens (including phenoxy) is 4. The summed E-state index contributed by atoms with van der Waals surface area (Å²) in [5, 5.41) is 0. The Bertz CT molecular complexity index is 449. The molecular weight excluding hydrogens is 448 g/mol. The standard InChI is InChI=1S/C32H64O4/c1-5-9-13-15-17-19-21-24-28-34-31(26-23-11-7-3)32(36-30-33-27-12-8-4)35-29-25-22-20-18-16-14-10-6-2/h5-30H2,1-4H3. The van der Waals surface area contributed by atoms with Crippen LogP contribution in [0.3, 0.4) is 0 Å². The molecule has 0 spiro atoms. The Balaban J connectivity index is 4.62. The van der Waals surface area contributed by atoms with E-state index < -0.39 is 0 Å². The van der Waals surface area contributed by atoms with Crippen molar-refractivity contribution in [2.24, 2.45) is 0 Å².